The van der Waals surface area contributed by atoms with E-state index in [9.17, 15) is 13.6 Å². The van der Waals surface area contributed by atoms with Crippen molar-refractivity contribution in [2.45, 2.75) is 37.9 Å². The van der Waals surface area contributed by atoms with Crippen LogP contribution in [0.3, 0.4) is 0 Å². The number of pyridine rings is 1. The first-order valence-electron chi connectivity index (χ1n) is 9.47. The number of hydrogen-bond donors (Lipinski definition) is 2. The van der Waals surface area contributed by atoms with Gasteiger partial charge in [-0.05, 0) is 37.1 Å². The van der Waals surface area contributed by atoms with Crippen molar-refractivity contribution < 1.29 is 13.6 Å². The quantitative estimate of drug-likeness (QED) is 0.598. The fourth-order valence-corrected chi connectivity index (χ4v) is 4.32. The van der Waals surface area contributed by atoms with Crippen LogP contribution in [0.2, 0.25) is 0 Å². The summed E-state index contributed by atoms with van der Waals surface area (Å²) in [6.07, 6.45) is 2.69. The molecule has 4 rings (SSSR count). The lowest BCUT2D eigenvalue weighted by atomic mass is 9.65. The highest BCUT2D eigenvalue weighted by Crippen LogP contribution is 2.45. The molecule has 0 atom stereocenters. The van der Waals surface area contributed by atoms with E-state index in [1.807, 2.05) is 0 Å². The number of aromatic nitrogens is 4. The SMILES string of the molecule is CC(=O)NCc1cnc(-c2ccc(NC[C@]3(c4ncccc4F)C[C@H](F)C3)nn2)s1. The Balaban J connectivity index is 1.42. The molecule has 30 heavy (non-hydrogen) atoms. The third kappa shape index (κ3) is 4.28. The number of anilines is 1. The van der Waals surface area contributed by atoms with Gasteiger partial charge in [0.1, 0.15) is 28.5 Å². The van der Waals surface area contributed by atoms with Gasteiger partial charge in [-0.3, -0.25) is 9.78 Å². The van der Waals surface area contributed by atoms with Crippen molar-refractivity contribution >= 4 is 23.1 Å². The summed E-state index contributed by atoms with van der Waals surface area (Å²) in [7, 11) is 0. The zero-order valence-corrected chi connectivity index (χ0v) is 17.0. The standard InChI is InChI=1S/C20H20F2N6OS/c1-12(29)24-9-14-10-25-19(30-14)16-4-5-17(28-27-16)26-11-20(7-13(21)8-20)18-15(22)3-2-6-23-18/h2-6,10,13H,7-9,11H2,1H3,(H,24,29)(H,26,28)/t13-,20-. The van der Waals surface area contributed by atoms with Crippen LogP contribution in [0.4, 0.5) is 14.6 Å². The number of hydrogen-bond acceptors (Lipinski definition) is 7. The minimum Gasteiger partial charge on any atom is -0.368 e. The smallest absolute Gasteiger partial charge is 0.217 e. The molecule has 7 nitrogen and oxygen atoms in total. The molecule has 0 unspecified atom stereocenters. The van der Waals surface area contributed by atoms with Crippen LogP contribution in [-0.2, 0) is 16.8 Å². The van der Waals surface area contributed by atoms with Gasteiger partial charge in [0.25, 0.3) is 0 Å². The Hall–Kier alpha value is -3.01. The van der Waals surface area contributed by atoms with Crippen molar-refractivity contribution in [1.82, 2.24) is 25.5 Å². The second kappa shape index (κ2) is 8.39. The molecule has 156 valence electrons. The maximum Gasteiger partial charge on any atom is 0.217 e. The number of nitrogens with one attached hydrogen (secondary N) is 2. The summed E-state index contributed by atoms with van der Waals surface area (Å²) >= 11 is 1.42. The van der Waals surface area contributed by atoms with Crippen molar-refractivity contribution in [2.75, 3.05) is 11.9 Å². The van der Waals surface area contributed by atoms with E-state index in [0.717, 1.165) is 4.88 Å². The van der Waals surface area contributed by atoms with Crippen molar-refractivity contribution in [2.24, 2.45) is 0 Å². The molecule has 1 amide bonds. The van der Waals surface area contributed by atoms with Gasteiger partial charge in [0.05, 0.1) is 12.2 Å². The number of thiazole rings is 1. The van der Waals surface area contributed by atoms with Crippen molar-refractivity contribution in [3.63, 3.8) is 0 Å². The highest BCUT2D eigenvalue weighted by atomic mass is 32.1. The van der Waals surface area contributed by atoms with E-state index in [4.69, 9.17) is 0 Å². The average Bonchev–Trinajstić information content (AvgIpc) is 3.19. The van der Waals surface area contributed by atoms with Crippen LogP contribution in [0.15, 0.2) is 36.7 Å². The normalized spacial score (nSPS) is 20.4. The van der Waals surface area contributed by atoms with E-state index in [-0.39, 0.29) is 24.4 Å². The molecule has 2 N–H and O–H groups in total. The number of rotatable bonds is 7. The van der Waals surface area contributed by atoms with E-state index in [2.05, 4.69) is 30.8 Å². The van der Waals surface area contributed by atoms with Gasteiger partial charge in [-0.25, -0.2) is 13.8 Å². The predicted octanol–water partition coefficient (Wildman–Crippen LogP) is 3.25. The monoisotopic (exact) mass is 430 g/mol. The molecule has 3 aromatic rings. The van der Waals surface area contributed by atoms with Crippen LogP contribution in [0.1, 0.15) is 30.3 Å². The van der Waals surface area contributed by atoms with Gasteiger partial charge >= 0.3 is 0 Å². The third-order valence-corrected chi connectivity index (χ3v) is 6.06. The van der Waals surface area contributed by atoms with Gasteiger partial charge < -0.3 is 10.6 Å². The second-order valence-corrected chi connectivity index (χ2v) is 8.43. The number of carbonyl (C=O) groups excluding carboxylic acids is 1. The average molecular weight is 430 g/mol. The summed E-state index contributed by atoms with van der Waals surface area (Å²) in [6, 6.07) is 6.41. The summed E-state index contributed by atoms with van der Waals surface area (Å²) in [5, 5.41) is 14.9. The minimum absolute atomic E-state index is 0.103. The van der Waals surface area contributed by atoms with Crippen LogP contribution in [-0.4, -0.2) is 38.8 Å². The second-order valence-electron chi connectivity index (χ2n) is 7.32. The predicted molar refractivity (Wildman–Crippen MR) is 109 cm³/mol. The van der Waals surface area contributed by atoms with Crippen molar-refractivity contribution in [1.29, 1.82) is 0 Å². The zero-order valence-electron chi connectivity index (χ0n) is 16.2. The molecular formula is C20H20F2N6OS. The summed E-state index contributed by atoms with van der Waals surface area (Å²) in [6.45, 7) is 2.19. The molecular weight excluding hydrogens is 410 g/mol. The van der Waals surface area contributed by atoms with Crippen molar-refractivity contribution in [3.8, 4) is 10.7 Å². The first-order chi connectivity index (χ1) is 14.4. The van der Waals surface area contributed by atoms with Crippen LogP contribution in [0, 0.1) is 5.82 Å². The van der Waals surface area contributed by atoms with Crippen LogP contribution in [0.25, 0.3) is 10.7 Å². The van der Waals surface area contributed by atoms with Gasteiger partial charge in [0.2, 0.25) is 5.91 Å². The minimum atomic E-state index is -0.960. The number of halogens is 2. The lowest BCUT2D eigenvalue weighted by molar-refractivity contribution is -0.119. The number of amides is 1. The molecule has 0 aliphatic heterocycles. The van der Waals surface area contributed by atoms with Crippen LogP contribution < -0.4 is 10.6 Å². The highest BCUT2D eigenvalue weighted by molar-refractivity contribution is 7.15. The first kappa shape index (κ1) is 20.3. The maximum atomic E-state index is 14.2. The van der Waals surface area contributed by atoms with Crippen molar-refractivity contribution in [3.05, 3.63) is 53.0 Å². The van der Waals surface area contributed by atoms with Gasteiger partial charge in [-0.2, -0.15) is 0 Å². The summed E-state index contributed by atoms with van der Waals surface area (Å²) in [5.41, 5.74) is 0.196. The molecule has 3 heterocycles. The number of nitrogens with zero attached hydrogens (tertiary/aromatic N) is 4. The number of carbonyl (C=O) groups is 1. The first-order valence-corrected chi connectivity index (χ1v) is 10.3. The van der Waals surface area contributed by atoms with E-state index < -0.39 is 17.4 Å². The van der Waals surface area contributed by atoms with E-state index in [1.165, 1.54) is 36.6 Å². The zero-order chi connectivity index (χ0) is 21.1. The summed E-state index contributed by atoms with van der Waals surface area (Å²) < 4.78 is 27.9. The molecule has 10 heteroatoms. The molecule has 0 aromatic carbocycles. The molecule has 0 spiro atoms. The Kier molecular flexibility index (Phi) is 5.67. The van der Waals surface area contributed by atoms with Gasteiger partial charge in [-0.15, -0.1) is 21.5 Å². The fourth-order valence-electron chi connectivity index (χ4n) is 3.51. The molecule has 3 aromatic heterocycles. The molecule has 1 aliphatic carbocycles. The molecule has 0 bridgehead atoms. The summed E-state index contributed by atoms with van der Waals surface area (Å²) in [5.74, 6) is -0.0210. The maximum absolute atomic E-state index is 14.2. The third-order valence-electron chi connectivity index (χ3n) is 5.04. The Bertz CT molecular complexity index is 1040. The lowest BCUT2D eigenvalue weighted by Gasteiger charge is -2.43. The van der Waals surface area contributed by atoms with Gasteiger partial charge in [-0.1, -0.05) is 0 Å². The number of alkyl halides is 1. The Labute approximate surface area is 176 Å². The Morgan fingerprint density at radius 1 is 1.27 bits per heavy atom. The van der Waals surface area contributed by atoms with E-state index in [1.54, 1.807) is 18.3 Å². The fraction of sp³-hybridized carbons (Fsp3) is 0.350. The van der Waals surface area contributed by atoms with E-state index in [0.29, 0.717) is 29.6 Å². The molecule has 1 fully saturated rings. The lowest BCUT2D eigenvalue weighted by Crippen LogP contribution is -2.49. The largest absolute Gasteiger partial charge is 0.368 e. The highest BCUT2D eigenvalue weighted by Gasteiger charge is 2.48. The topological polar surface area (TPSA) is 92.7 Å². The molecule has 1 aliphatic rings. The van der Waals surface area contributed by atoms with Crippen LogP contribution in [0.5, 0.6) is 0 Å². The summed E-state index contributed by atoms with van der Waals surface area (Å²) in [4.78, 5) is 20.4. The van der Waals surface area contributed by atoms with E-state index >= 15 is 0 Å². The van der Waals surface area contributed by atoms with Gasteiger partial charge in [0.15, 0.2) is 0 Å². The molecule has 0 radical (unpaired) electrons. The van der Waals surface area contributed by atoms with Gasteiger partial charge in [0, 0.05) is 36.2 Å². The molecule has 1 saturated carbocycles. The Morgan fingerprint density at radius 2 is 2.10 bits per heavy atom. The van der Waals surface area contributed by atoms with Crippen LogP contribution >= 0.6 is 11.3 Å². The Morgan fingerprint density at radius 3 is 2.77 bits per heavy atom. The molecule has 0 saturated heterocycles.